The average molecular weight is 251 g/mol. The lowest BCUT2D eigenvalue weighted by Crippen LogP contribution is -2.28. The van der Waals surface area contributed by atoms with Crippen LogP contribution in [0.1, 0.15) is 84.5 Å². The van der Waals surface area contributed by atoms with Crippen LogP contribution in [0.4, 0.5) is 0 Å². The second-order valence-corrected chi connectivity index (χ2v) is 5.28. The van der Waals surface area contributed by atoms with Crippen LogP contribution in [0.5, 0.6) is 0 Å². The summed E-state index contributed by atoms with van der Waals surface area (Å²) in [4.78, 5) is 0. The molecule has 0 bridgehead atoms. The SMILES string of the molecule is C#CCC(CCCCCCCCCCC)NCC. The third-order valence-electron chi connectivity index (χ3n) is 3.51. The number of hydrogen-bond acceptors (Lipinski definition) is 1. The highest BCUT2D eigenvalue weighted by atomic mass is 14.9. The summed E-state index contributed by atoms with van der Waals surface area (Å²) < 4.78 is 0. The molecule has 0 aromatic heterocycles. The maximum Gasteiger partial charge on any atom is 0.0240 e. The Morgan fingerprint density at radius 3 is 1.94 bits per heavy atom. The highest BCUT2D eigenvalue weighted by Crippen LogP contribution is 2.12. The molecule has 1 heteroatoms. The molecular weight excluding hydrogens is 218 g/mol. The molecule has 0 rings (SSSR count). The van der Waals surface area contributed by atoms with E-state index in [-0.39, 0.29) is 0 Å². The van der Waals surface area contributed by atoms with Crippen molar-refractivity contribution in [3.05, 3.63) is 0 Å². The van der Waals surface area contributed by atoms with Crippen molar-refractivity contribution in [2.24, 2.45) is 0 Å². The van der Waals surface area contributed by atoms with E-state index >= 15 is 0 Å². The average Bonchev–Trinajstić information content (AvgIpc) is 2.37. The van der Waals surface area contributed by atoms with Crippen molar-refractivity contribution in [3.8, 4) is 12.3 Å². The summed E-state index contributed by atoms with van der Waals surface area (Å²) in [5.74, 6) is 2.77. The van der Waals surface area contributed by atoms with E-state index in [1.807, 2.05) is 0 Å². The van der Waals surface area contributed by atoms with E-state index in [9.17, 15) is 0 Å². The lowest BCUT2D eigenvalue weighted by molar-refractivity contribution is 0.467. The number of nitrogens with one attached hydrogen (secondary N) is 1. The molecule has 18 heavy (non-hydrogen) atoms. The fourth-order valence-corrected chi connectivity index (χ4v) is 2.41. The van der Waals surface area contributed by atoms with Gasteiger partial charge in [-0.3, -0.25) is 0 Å². The Bertz CT molecular complexity index is 192. The Morgan fingerprint density at radius 1 is 0.889 bits per heavy atom. The molecule has 0 amide bonds. The summed E-state index contributed by atoms with van der Waals surface area (Å²) in [6.07, 6.45) is 20.1. The molecule has 0 aromatic carbocycles. The van der Waals surface area contributed by atoms with Gasteiger partial charge in [0.1, 0.15) is 0 Å². The zero-order valence-corrected chi connectivity index (χ0v) is 12.6. The van der Waals surface area contributed by atoms with Crippen molar-refractivity contribution >= 4 is 0 Å². The zero-order chi connectivity index (χ0) is 13.5. The van der Waals surface area contributed by atoms with Gasteiger partial charge >= 0.3 is 0 Å². The normalized spacial score (nSPS) is 12.3. The summed E-state index contributed by atoms with van der Waals surface area (Å²) in [5, 5.41) is 3.47. The fourth-order valence-electron chi connectivity index (χ4n) is 2.41. The zero-order valence-electron chi connectivity index (χ0n) is 12.6. The Morgan fingerprint density at radius 2 is 1.44 bits per heavy atom. The fraction of sp³-hybridized carbons (Fsp3) is 0.882. The van der Waals surface area contributed by atoms with Crippen LogP contribution in [0.2, 0.25) is 0 Å². The Kier molecular flexibility index (Phi) is 14.2. The molecule has 1 unspecified atom stereocenters. The van der Waals surface area contributed by atoms with E-state index in [1.165, 1.54) is 64.2 Å². The largest absolute Gasteiger partial charge is 0.313 e. The molecule has 0 saturated carbocycles. The van der Waals surface area contributed by atoms with Crippen molar-refractivity contribution in [1.82, 2.24) is 5.32 Å². The smallest absolute Gasteiger partial charge is 0.0240 e. The van der Waals surface area contributed by atoms with E-state index in [0.29, 0.717) is 6.04 Å². The van der Waals surface area contributed by atoms with Crippen molar-refractivity contribution < 1.29 is 0 Å². The monoisotopic (exact) mass is 251 g/mol. The molecule has 0 aliphatic carbocycles. The molecule has 0 spiro atoms. The van der Waals surface area contributed by atoms with Crippen LogP contribution in [-0.2, 0) is 0 Å². The predicted octanol–water partition coefficient (Wildman–Crippen LogP) is 4.91. The first-order chi connectivity index (χ1) is 8.85. The van der Waals surface area contributed by atoms with Gasteiger partial charge in [-0.25, -0.2) is 0 Å². The molecule has 0 aliphatic heterocycles. The highest BCUT2D eigenvalue weighted by Gasteiger charge is 2.04. The summed E-state index contributed by atoms with van der Waals surface area (Å²) in [6.45, 7) is 5.46. The van der Waals surface area contributed by atoms with Gasteiger partial charge in [-0.15, -0.1) is 12.3 Å². The first kappa shape index (κ1) is 17.5. The molecule has 0 aromatic rings. The Hall–Kier alpha value is -0.480. The van der Waals surface area contributed by atoms with Gasteiger partial charge < -0.3 is 5.32 Å². The number of rotatable bonds is 13. The molecule has 0 fully saturated rings. The molecule has 1 atom stereocenters. The minimum absolute atomic E-state index is 0.546. The Labute approximate surface area is 115 Å². The molecular formula is C17H33N. The van der Waals surface area contributed by atoms with E-state index in [1.54, 1.807) is 0 Å². The van der Waals surface area contributed by atoms with Crippen LogP contribution in [0.3, 0.4) is 0 Å². The predicted molar refractivity (Wildman–Crippen MR) is 82.8 cm³/mol. The van der Waals surface area contributed by atoms with E-state index in [0.717, 1.165) is 13.0 Å². The van der Waals surface area contributed by atoms with Crippen molar-refractivity contribution in [2.45, 2.75) is 90.5 Å². The maximum absolute atomic E-state index is 5.38. The van der Waals surface area contributed by atoms with Crippen LogP contribution < -0.4 is 5.32 Å². The van der Waals surface area contributed by atoms with Crippen LogP contribution in [0.25, 0.3) is 0 Å². The molecule has 106 valence electrons. The summed E-state index contributed by atoms with van der Waals surface area (Å²) in [7, 11) is 0. The van der Waals surface area contributed by atoms with Crippen LogP contribution in [-0.4, -0.2) is 12.6 Å². The van der Waals surface area contributed by atoms with Crippen LogP contribution >= 0.6 is 0 Å². The molecule has 0 radical (unpaired) electrons. The van der Waals surface area contributed by atoms with E-state index in [2.05, 4.69) is 25.1 Å². The second kappa shape index (κ2) is 14.6. The minimum Gasteiger partial charge on any atom is -0.313 e. The number of unbranched alkanes of at least 4 members (excludes halogenated alkanes) is 8. The van der Waals surface area contributed by atoms with Gasteiger partial charge in [0.15, 0.2) is 0 Å². The Balaban J connectivity index is 3.25. The summed E-state index contributed by atoms with van der Waals surface area (Å²) in [6, 6.07) is 0.546. The number of hydrogen-bond donors (Lipinski definition) is 1. The third-order valence-corrected chi connectivity index (χ3v) is 3.51. The second-order valence-electron chi connectivity index (χ2n) is 5.28. The van der Waals surface area contributed by atoms with Crippen molar-refractivity contribution in [3.63, 3.8) is 0 Å². The molecule has 0 heterocycles. The van der Waals surface area contributed by atoms with Gasteiger partial charge in [-0.1, -0.05) is 71.6 Å². The summed E-state index contributed by atoms with van der Waals surface area (Å²) >= 11 is 0. The van der Waals surface area contributed by atoms with E-state index < -0.39 is 0 Å². The molecule has 0 saturated heterocycles. The lowest BCUT2D eigenvalue weighted by atomic mass is 10.0. The highest BCUT2D eigenvalue weighted by molar-refractivity contribution is 4.89. The first-order valence-corrected chi connectivity index (χ1v) is 8.02. The molecule has 0 aliphatic rings. The lowest BCUT2D eigenvalue weighted by Gasteiger charge is -2.14. The standard InChI is InChI=1S/C17H33N/c1-4-7-8-9-10-11-12-13-14-16-17(15-5-2)18-6-3/h2,17-18H,4,6-16H2,1,3H3. The van der Waals surface area contributed by atoms with Gasteiger partial charge in [-0.2, -0.15) is 0 Å². The van der Waals surface area contributed by atoms with Crippen LogP contribution in [0, 0.1) is 12.3 Å². The molecule has 1 N–H and O–H groups in total. The molecule has 1 nitrogen and oxygen atoms in total. The summed E-state index contributed by atoms with van der Waals surface area (Å²) in [5.41, 5.74) is 0. The van der Waals surface area contributed by atoms with Gasteiger partial charge in [-0.05, 0) is 13.0 Å². The topological polar surface area (TPSA) is 12.0 Å². The van der Waals surface area contributed by atoms with Gasteiger partial charge in [0.05, 0.1) is 0 Å². The van der Waals surface area contributed by atoms with Crippen LogP contribution in [0.15, 0.2) is 0 Å². The van der Waals surface area contributed by atoms with E-state index in [4.69, 9.17) is 6.42 Å². The third kappa shape index (κ3) is 12.0. The number of terminal acetylenes is 1. The van der Waals surface area contributed by atoms with Gasteiger partial charge in [0.25, 0.3) is 0 Å². The van der Waals surface area contributed by atoms with Crippen molar-refractivity contribution in [2.75, 3.05) is 6.54 Å². The van der Waals surface area contributed by atoms with Crippen molar-refractivity contribution in [1.29, 1.82) is 0 Å². The van der Waals surface area contributed by atoms with Gasteiger partial charge in [0.2, 0.25) is 0 Å². The van der Waals surface area contributed by atoms with Gasteiger partial charge in [0, 0.05) is 12.5 Å². The minimum atomic E-state index is 0.546. The quantitative estimate of drug-likeness (QED) is 0.362. The first-order valence-electron chi connectivity index (χ1n) is 8.02. The maximum atomic E-state index is 5.38.